The fourth-order valence-corrected chi connectivity index (χ4v) is 4.14. The summed E-state index contributed by atoms with van der Waals surface area (Å²) in [5.41, 5.74) is 2.13. The van der Waals surface area contributed by atoms with E-state index in [4.69, 9.17) is 4.42 Å². The number of hydrogen-bond donors (Lipinski definition) is 0. The van der Waals surface area contributed by atoms with Gasteiger partial charge < -0.3 is 9.32 Å². The van der Waals surface area contributed by atoms with Crippen molar-refractivity contribution in [2.75, 3.05) is 0 Å². The van der Waals surface area contributed by atoms with Crippen LogP contribution in [0.25, 0.3) is 11.0 Å². The van der Waals surface area contributed by atoms with Gasteiger partial charge in [-0.25, -0.2) is 0 Å². The van der Waals surface area contributed by atoms with Crippen LogP contribution in [0.2, 0.25) is 0 Å². The first-order valence-corrected chi connectivity index (χ1v) is 9.95. The third-order valence-electron chi connectivity index (χ3n) is 5.09. The van der Waals surface area contributed by atoms with Crippen LogP contribution in [0.15, 0.2) is 86.6 Å². The molecule has 0 saturated carbocycles. The van der Waals surface area contributed by atoms with Crippen molar-refractivity contribution in [2.24, 2.45) is 0 Å². The Morgan fingerprint density at radius 1 is 1.00 bits per heavy atom. The normalized spacial score (nSPS) is 15.7. The van der Waals surface area contributed by atoms with Crippen LogP contribution in [-0.2, 0) is 6.54 Å². The zero-order valence-corrected chi connectivity index (χ0v) is 16.8. The summed E-state index contributed by atoms with van der Waals surface area (Å²) in [6.45, 7) is 0.352. The molecule has 1 amide bonds. The second kappa shape index (κ2) is 6.97. The van der Waals surface area contributed by atoms with Crippen LogP contribution in [0.4, 0.5) is 0 Å². The summed E-state index contributed by atoms with van der Waals surface area (Å²) in [4.78, 5) is 32.8. The summed E-state index contributed by atoms with van der Waals surface area (Å²) < 4.78 is 6.71. The molecular formula is C23H15BrN2O3. The molecule has 1 aliphatic rings. The molecule has 29 heavy (non-hydrogen) atoms. The quantitative estimate of drug-likeness (QED) is 0.457. The molecule has 0 fully saturated rings. The van der Waals surface area contributed by atoms with Crippen molar-refractivity contribution in [3.05, 3.63) is 110 Å². The number of aromatic nitrogens is 1. The number of fused-ring (bicyclic) bond motifs is 2. The summed E-state index contributed by atoms with van der Waals surface area (Å²) in [6.07, 6.45) is 1.66. The molecule has 6 heteroatoms. The maximum absolute atomic E-state index is 13.4. The van der Waals surface area contributed by atoms with Crippen LogP contribution in [0.3, 0.4) is 0 Å². The Morgan fingerprint density at radius 3 is 2.55 bits per heavy atom. The van der Waals surface area contributed by atoms with Gasteiger partial charge in [0, 0.05) is 17.2 Å². The van der Waals surface area contributed by atoms with Crippen LogP contribution < -0.4 is 5.43 Å². The van der Waals surface area contributed by atoms with E-state index in [1.165, 1.54) is 0 Å². The predicted octanol–water partition coefficient (Wildman–Crippen LogP) is 4.70. The fourth-order valence-electron chi connectivity index (χ4n) is 3.78. The monoisotopic (exact) mass is 446 g/mol. The highest BCUT2D eigenvalue weighted by molar-refractivity contribution is 9.10. The van der Waals surface area contributed by atoms with E-state index in [1.807, 2.05) is 48.5 Å². The number of rotatable bonds is 3. The van der Waals surface area contributed by atoms with E-state index in [0.717, 1.165) is 10.0 Å². The molecule has 3 heterocycles. The van der Waals surface area contributed by atoms with Crippen molar-refractivity contribution in [1.29, 1.82) is 0 Å². The highest BCUT2D eigenvalue weighted by atomic mass is 79.9. The second-order valence-electron chi connectivity index (χ2n) is 6.89. The highest BCUT2D eigenvalue weighted by Gasteiger charge is 2.43. The molecule has 0 aliphatic carbocycles. The van der Waals surface area contributed by atoms with Gasteiger partial charge in [0.1, 0.15) is 11.6 Å². The number of pyridine rings is 1. The van der Waals surface area contributed by atoms with Crippen LogP contribution in [0, 0.1) is 0 Å². The maximum atomic E-state index is 13.4. The summed E-state index contributed by atoms with van der Waals surface area (Å²) >= 11 is 3.40. The maximum Gasteiger partial charge on any atom is 0.291 e. The number of halogens is 1. The van der Waals surface area contributed by atoms with Gasteiger partial charge in [0.05, 0.1) is 16.6 Å². The van der Waals surface area contributed by atoms with Crippen molar-refractivity contribution in [3.63, 3.8) is 0 Å². The molecule has 0 bridgehead atoms. The van der Waals surface area contributed by atoms with Gasteiger partial charge in [0.15, 0.2) is 5.43 Å². The topological polar surface area (TPSA) is 63.4 Å². The standard InChI is InChI=1S/C23H15BrN2O3/c24-15-9-10-18-16(12-15)21(27)19-20(17-8-4-5-11-25-17)26(23(28)22(19)29-18)13-14-6-2-1-3-7-14/h1-12,20H,13H2. The Kier molecular flexibility index (Phi) is 4.28. The van der Waals surface area contributed by atoms with E-state index in [0.29, 0.717) is 28.8 Å². The molecule has 2 aromatic carbocycles. The summed E-state index contributed by atoms with van der Waals surface area (Å²) in [6, 6.07) is 19.8. The molecule has 4 aromatic rings. The highest BCUT2D eigenvalue weighted by Crippen LogP contribution is 2.38. The van der Waals surface area contributed by atoms with E-state index in [2.05, 4.69) is 20.9 Å². The van der Waals surface area contributed by atoms with Crippen molar-refractivity contribution in [2.45, 2.75) is 12.6 Å². The van der Waals surface area contributed by atoms with Crippen molar-refractivity contribution >= 4 is 32.8 Å². The molecule has 1 atom stereocenters. The number of carbonyl (C=O) groups excluding carboxylic acids is 1. The fraction of sp³-hybridized carbons (Fsp3) is 0.0870. The van der Waals surface area contributed by atoms with Crippen molar-refractivity contribution in [1.82, 2.24) is 9.88 Å². The smallest absolute Gasteiger partial charge is 0.291 e. The first-order valence-electron chi connectivity index (χ1n) is 9.15. The van der Waals surface area contributed by atoms with Gasteiger partial charge in [-0.3, -0.25) is 14.6 Å². The molecule has 142 valence electrons. The Labute approximate surface area is 174 Å². The number of nitrogens with zero attached hydrogens (tertiary/aromatic N) is 2. The van der Waals surface area contributed by atoms with Crippen molar-refractivity contribution in [3.8, 4) is 0 Å². The molecule has 0 saturated heterocycles. The number of hydrogen-bond acceptors (Lipinski definition) is 4. The lowest BCUT2D eigenvalue weighted by Crippen LogP contribution is -2.29. The molecule has 2 aromatic heterocycles. The third-order valence-corrected chi connectivity index (χ3v) is 5.58. The third kappa shape index (κ3) is 2.96. The van der Waals surface area contributed by atoms with E-state index < -0.39 is 6.04 Å². The number of benzene rings is 2. The Balaban J connectivity index is 1.74. The van der Waals surface area contributed by atoms with Crippen LogP contribution in [0.1, 0.15) is 33.4 Å². The van der Waals surface area contributed by atoms with E-state index in [9.17, 15) is 9.59 Å². The van der Waals surface area contributed by atoms with E-state index in [1.54, 1.807) is 29.3 Å². The second-order valence-corrected chi connectivity index (χ2v) is 7.81. The zero-order valence-electron chi connectivity index (χ0n) is 15.2. The molecular weight excluding hydrogens is 432 g/mol. The van der Waals surface area contributed by atoms with Crippen molar-refractivity contribution < 1.29 is 9.21 Å². The van der Waals surface area contributed by atoms with Gasteiger partial charge in [-0.05, 0) is 35.9 Å². The molecule has 0 N–H and O–H groups in total. The van der Waals surface area contributed by atoms with Crippen LogP contribution in [0.5, 0.6) is 0 Å². The summed E-state index contributed by atoms with van der Waals surface area (Å²) in [5, 5.41) is 0.438. The lowest BCUT2D eigenvalue weighted by atomic mass is 10.0. The number of amides is 1. The number of carbonyl (C=O) groups is 1. The Bertz CT molecular complexity index is 1290. The molecule has 5 rings (SSSR count). The van der Waals surface area contributed by atoms with Gasteiger partial charge in [0.25, 0.3) is 5.91 Å². The average Bonchev–Trinajstić information content (AvgIpc) is 3.02. The lowest BCUT2D eigenvalue weighted by molar-refractivity contribution is 0.0712. The van der Waals surface area contributed by atoms with Gasteiger partial charge in [-0.1, -0.05) is 52.3 Å². The molecule has 5 nitrogen and oxygen atoms in total. The molecule has 0 spiro atoms. The Hall–Kier alpha value is -3.25. The van der Waals surface area contributed by atoms with Crippen LogP contribution in [-0.4, -0.2) is 15.8 Å². The van der Waals surface area contributed by atoms with Crippen LogP contribution >= 0.6 is 15.9 Å². The van der Waals surface area contributed by atoms with Gasteiger partial charge >= 0.3 is 0 Å². The minimum Gasteiger partial charge on any atom is -0.450 e. The molecule has 1 unspecified atom stereocenters. The van der Waals surface area contributed by atoms with Gasteiger partial charge in [0.2, 0.25) is 5.76 Å². The first-order chi connectivity index (χ1) is 14.1. The summed E-state index contributed by atoms with van der Waals surface area (Å²) in [5.74, 6) is -0.210. The first kappa shape index (κ1) is 17.8. The SMILES string of the molecule is O=C1c2oc3ccc(Br)cc3c(=O)c2C(c2ccccn2)N1Cc1ccccc1. The Morgan fingerprint density at radius 2 is 1.79 bits per heavy atom. The molecule has 0 radical (unpaired) electrons. The lowest BCUT2D eigenvalue weighted by Gasteiger charge is -2.24. The average molecular weight is 447 g/mol. The molecule has 1 aliphatic heterocycles. The minimum absolute atomic E-state index is 0.0939. The van der Waals surface area contributed by atoms with E-state index in [-0.39, 0.29) is 17.1 Å². The van der Waals surface area contributed by atoms with Gasteiger partial charge in [-0.2, -0.15) is 0 Å². The zero-order chi connectivity index (χ0) is 20.0. The minimum atomic E-state index is -0.599. The predicted molar refractivity (Wildman–Crippen MR) is 113 cm³/mol. The van der Waals surface area contributed by atoms with Gasteiger partial charge in [-0.15, -0.1) is 0 Å². The van der Waals surface area contributed by atoms with E-state index >= 15 is 0 Å². The largest absolute Gasteiger partial charge is 0.450 e. The summed E-state index contributed by atoms with van der Waals surface area (Å²) in [7, 11) is 0.